The molecule has 3 fully saturated rings. The lowest BCUT2D eigenvalue weighted by molar-refractivity contribution is -0.141. The lowest BCUT2D eigenvalue weighted by Gasteiger charge is -2.42. The molecule has 1 unspecified atom stereocenters. The Morgan fingerprint density at radius 2 is 1.81 bits per heavy atom. The van der Waals surface area contributed by atoms with Crippen LogP contribution in [0.3, 0.4) is 0 Å². The summed E-state index contributed by atoms with van der Waals surface area (Å²) in [6, 6.07) is 0.464. The van der Waals surface area contributed by atoms with Crippen LogP contribution in [-0.2, 0) is 9.53 Å². The number of hydrogen-bond acceptors (Lipinski definition) is 5. The molecule has 0 aliphatic carbocycles. The molecule has 3 aliphatic heterocycles. The first kappa shape index (κ1) is 18.4. The number of rotatable bonds is 3. The smallest absolute Gasteiger partial charge is 0.289 e. The number of carbonyl (C=O) groups is 2. The van der Waals surface area contributed by atoms with Crippen molar-refractivity contribution >= 4 is 11.8 Å². The van der Waals surface area contributed by atoms with Crippen molar-refractivity contribution < 1.29 is 14.3 Å². The molecule has 27 heavy (non-hydrogen) atoms. The maximum atomic E-state index is 12.8. The van der Waals surface area contributed by atoms with E-state index < -0.39 is 0 Å². The first-order valence-electron chi connectivity index (χ1n) is 10.1. The zero-order valence-corrected chi connectivity index (χ0v) is 15.8. The van der Waals surface area contributed by atoms with Crippen molar-refractivity contribution in [1.29, 1.82) is 0 Å². The van der Waals surface area contributed by atoms with Crippen molar-refractivity contribution in [2.45, 2.75) is 31.7 Å². The summed E-state index contributed by atoms with van der Waals surface area (Å²) in [6.45, 7) is 6.18. The van der Waals surface area contributed by atoms with E-state index in [0.29, 0.717) is 31.0 Å². The van der Waals surface area contributed by atoms with Crippen LogP contribution in [0, 0.1) is 5.92 Å². The van der Waals surface area contributed by atoms with Gasteiger partial charge in [0.1, 0.15) is 0 Å². The number of likely N-dealkylation sites (tertiary alicyclic amines) is 2. The van der Waals surface area contributed by atoms with Gasteiger partial charge in [0.05, 0.1) is 19.1 Å². The van der Waals surface area contributed by atoms with Crippen LogP contribution in [0.5, 0.6) is 0 Å². The van der Waals surface area contributed by atoms with Gasteiger partial charge in [-0.1, -0.05) is 0 Å². The van der Waals surface area contributed by atoms with Crippen molar-refractivity contribution in [2.75, 3.05) is 52.5 Å². The van der Waals surface area contributed by atoms with Crippen molar-refractivity contribution in [2.24, 2.45) is 5.92 Å². The van der Waals surface area contributed by atoms with Gasteiger partial charge in [-0.2, -0.15) is 0 Å². The molecule has 3 saturated heterocycles. The second-order valence-electron chi connectivity index (χ2n) is 7.73. The topological polar surface area (TPSA) is 81.8 Å². The Balaban J connectivity index is 1.29. The van der Waals surface area contributed by atoms with E-state index in [4.69, 9.17) is 4.74 Å². The summed E-state index contributed by atoms with van der Waals surface area (Å²) >= 11 is 0. The Labute approximate surface area is 159 Å². The third-order valence-electron chi connectivity index (χ3n) is 6.09. The van der Waals surface area contributed by atoms with Gasteiger partial charge in [-0.3, -0.25) is 14.5 Å². The van der Waals surface area contributed by atoms with Crippen LogP contribution < -0.4 is 0 Å². The van der Waals surface area contributed by atoms with Gasteiger partial charge in [-0.15, -0.1) is 0 Å². The quantitative estimate of drug-likeness (QED) is 0.836. The molecule has 1 atom stereocenters. The van der Waals surface area contributed by atoms with Gasteiger partial charge in [0.15, 0.2) is 5.82 Å². The van der Waals surface area contributed by atoms with Crippen molar-refractivity contribution in [3.05, 3.63) is 18.2 Å². The summed E-state index contributed by atoms with van der Waals surface area (Å²) in [7, 11) is 0. The standard InChI is InChI=1S/C19H29N5O3/c25-18(23-10-12-27-13-11-23)15-2-1-7-24(14-15)16-3-8-22(9-4-16)19(26)17-20-5-6-21-17/h5-6,15-16H,1-4,7-14H2,(H,20,21). The summed E-state index contributed by atoms with van der Waals surface area (Å²) in [5.41, 5.74) is 0. The molecule has 3 aliphatic rings. The van der Waals surface area contributed by atoms with E-state index in [2.05, 4.69) is 14.9 Å². The maximum absolute atomic E-state index is 12.8. The van der Waals surface area contributed by atoms with Gasteiger partial charge in [0.2, 0.25) is 5.91 Å². The molecular weight excluding hydrogens is 346 g/mol. The van der Waals surface area contributed by atoms with Gasteiger partial charge in [0, 0.05) is 51.2 Å². The van der Waals surface area contributed by atoms with Crippen LogP contribution >= 0.6 is 0 Å². The van der Waals surface area contributed by atoms with E-state index in [-0.39, 0.29) is 11.8 Å². The van der Waals surface area contributed by atoms with E-state index in [1.165, 1.54) is 0 Å². The number of carbonyl (C=O) groups excluding carboxylic acids is 2. The molecule has 0 saturated carbocycles. The highest BCUT2D eigenvalue weighted by Crippen LogP contribution is 2.25. The van der Waals surface area contributed by atoms with E-state index in [9.17, 15) is 9.59 Å². The minimum absolute atomic E-state index is 0.0162. The molecule has 1 N–H and O–H groups in total. The van der Waals surface area contributed by atoms with Crippen LogP contribution in [0.4, 0.5) is 0 Å². The highest BCUT2D eigenvalue weighted by Gasteiger charge is 2.34. The van der Waals surface area contributed by atoms with Crippen LogP contribution in [0.25, 0.3) is 0 Å². The molecule has 4 rings (SSSR count). The Kier molecular flexibility index (Phi) is 5.73. The van der Waals surface area contributed by atoms with E-state index in [1.807, 2.05) is 9.80 Å². The number of amides is 2. The zero-order chi connectivity index (χ0) is 18.6. The Hall–Kier alpha value is -1.93. The molecule has 0 bridgehead atoms. The van der Waals surface area contributed by atoms with Gasteiger partial charge < -0.3 is 19.5 Å². The second-order valence-corrected chi connectivity index (χ2v) is 7.73. The van der Waals surface area contributed by atoms with Gasteiger partial charge in [-0.25, -0.2) is 4.98 Å². The third kappa shape index (κ3) is 4.16. The number of ether oxygens (including phenoxy) is 1. The van der Waals surface area contributed by atoms with Gasteiger partial charge >= 0.3 is 0 Å². The molecule has 4 heterocycles. The van der Waals surface area contributed by atoms with Crippen molar-refractivity contribution in [3.8, 4) is 0 Å². The number of imidazole rings is 1. The van der Waals surface area contributed by atoms with Gasteiger partial charge in [0.25, 0.3) is 5.91 Å². The monoisotopic (exact) mass is 375 g/mol. The first-order valence-corrected chi connectivity index (χ1v) is 10.1. The predicted molar refractivity (Wildman–Crippen MR) is 99.2 cm³/mol. The number of morpholine rings is 1. The number of H-pyrrole nitrogens is 1. The molecule has 2 amide bonds. The minimum Gasteiger partial charge on any atom is -0.378 e. The largest absolute Gasteiger partial charge is 0.378 e. The van der Waals surface area contributed by atoms with E-state index in [1.54, 1.807) is 12.4 Å². The van der Waals surface area contributed by atoms with Crippen LogP contribution in [0.2, 0.25) is 0 Å². The molecule has 0 aromatic carbocycles. The highest BCUT2D eigenvalue weighted by atomic mass is 16.5. The van der Waals surface area contributed by atoms with Crippen molar-refractivity contribution in [3.63, 3.8) is 0 Å². The average Bonchev–Trinajstić information content (AvgIpc) is 3.28. The minimum atomic E-state index is -0.0162. The van der Waals surface area contributed by atoms with Crippen LogP contribution in [-0.4, -0.2) is 95.0 Å². The number of piperidine rings is 2. The maximum Gasteiger partial charge on any atom is 0.289 e. The first-order chi connectivity index (χ1) is 13.2. The number of aromatic amines is 1. The highest BCUT2D eigenvalue weighted by molar-refractivity contribution is 5.90. The van der Waals surface area contributed by atoms with Crippen LogP contribution in [0.1, 0.15) is 36.3 Å². The van der Waals surface area contributed by atoms with Gasteiger partial charge in [-0.05, 0) is 32.2 Å². The summed E-state index contributed by atoms with van der Waals surface area (Å²) in [6.07, 6.45) is 7.28. The number of aromatic nitrogens is 2. The summed E-state index contributed by atoms with van der Waals surface area (Å²) in [5.74, 6) is 0.813. The summed E-state index contributed by atoms with van der Waals surface area (Å²) in [4.78, 5) is 38.6. The predicted octanol–water partition coefficient (Wildman–Crippen LogP) is 0.585. The zero-order valence-electron chi connectivity index (χ0n) is 15.8. The molecule has 0 radical (unpaired) electrons. The Bertz CT molecular complexity index is 636. The van der Waals surface area contributed by atoms with Crippen LogP contribution in [0.15, 0.2) is 12.4 Å². The second kappa shape index (κ2) is 8.39. The normalized spacial score (nSPS) is 25.6. The molecule has 8 nitrogen and oxygen atoms in total. The molecule has 1 aromatic heterocycles. The fourth-order valence-corrected chi connectivity index (χ4v) is 4.55. The van der Waals surface area contributed by atoms with Crippen molar-refractivity contribution in [1.82, 2.24) is 24.7 Å². The summed E-state index contributed by atoms with van der Waals surface area (Å²) in [5, 5.41) is 0. The molecule has 8 heteroatoms. The molecule has 148 valence electrons. The third-order valence-corrected chi connectivity index (χ3v) is 6.09. The average molecular weight is 375 g/mol. The molecular formula is C19H29N5O3. The number of hydrogen-bond donors (Lipinski definition) is 1. The Morgan fingerprint density at radius 1 is 1.04 bits per heavy atom. The fraction of sp³-hybridized carbons (Fsp3) is 0.737. The summed E-state index contributed by atoms with van der Waals surface area (Å²) < 4.78 is 5.37. The van der Waals surface area contributed by atoms with E-state index in [0.717, 1.165) is 65.0 Å². The Morgan fingerprint density at radius 3 is 2.52 bits per heavy atom. The number of nitrogens with zero attached hydrogens (tertiary/aromatic N) is 4. The fourth-order valence-electron chi connectivity index (χ4n) is 4.55. The lowest BCUT2D eigenvalue weighted by atomic mass is 9.92. The van der Waals surface area contributed by atoms with E-state index >= 15 is 0 Å². The molecule has 1 aromatic rings. The number of nitrogens with one attached hydrogen (secondary N) is 1. The SMILES string of the molecule is O=C(c1ncc[nH]1)N1CCC(N2CCCC(C(=O)N3CCOCC3)C2)CC1. The molecule has 0 spiro atoms. The lowest BCUT2D eigenvalue weighted by Crippen LogP contribution is -2.53.